The molecule has 0 fully saturated rings. The molecule has 232 valence electrons. The second-order valence-electron chi connectivity index (χ2n) is 11.5. The van der Waals surface area contributed by atoms with E-state index in [9.17, 15) is 29.4 Å². The van der Waals surface area contributed by atoms with Gasteiger partial charge in [-0.1, -0.05) is 64.4 Å². The fourth-order valence-electron chi connectivity index (χ4n) is 4.90. The Hall–Kier alpha value is -4.38. The quantitative estimate of drug-likeness (QED) is 0.141. The van der Waals surface area contributed by atoms with Crippen LogP contribution in [-0.4, -0.2) is 63.1 Å². The first-order chi connectivity index (χ1) is 20.4. The summed E-state index contributed by atoms with van der Waals surface area (Å²) in [6.07, 6.45) is 2.86. The lowest BCUT2D eigenvalue weighted by atomic mass is 9.96. The number of carbonyl (C=O) groups is 4. The first-order valence-corrected chi connectivity index (χ1v) is 14.6. The molecule has 3 amide bonds. The number of rotatable bonds is 15. The second-order valence-corrected chi connectivity index (χ2v) is 11.5. The van der Waals surface area contributed by atoms with E-state index in [1.54, 1.807) is 25.3 Å². The third-order valence-corrected chi connectivity index (χ3v) is 7.58. The van der Waals surface area contributed by atoms with Crippen LogP contribution in [0, 0.1) is 11.8 Å². The summed E-state index contributed by atoms with van der Waals surface area (Å²) in [6, 6.07) is 9.68. The number of phenolic OH excluding ortho intramolecular Hbond substituents is 1. The molecule has 5 unspecified atom stereocenters. The van der Waals surface area contributed by atoms with Gasteiger partial charge < -0.3 is 36.9 Å². The highest BCUT2D eigenvalue weighted by Gasteiger charge is 2.33. The van der Waals surface area contributed by atoms with E-state index < -0.39 is 47.9 Å². The molecule has 43 heavy (non-hydrogen) atoms. The minimum absolute atomic E-state index is 0.0245. The zero-order valence-electron chi connectivity index (χ0n) is 25.1. The lowest BCUT2D eigenvalue weighted by Gasteiger charge is -2.28. The Kier molecular flexibility index (Phi) is 11.7. The van der Waals surface area contributed by atoms with Crippen LogP contribution in [0.1, 0.15) is 51.7 Å². The van der Waals surface area contributed by atoms with Crippen molar-refractivity contribution < 1.29 is 29.4 Å². The van der Waals surface area contributed by atoms with Crippen molar-refractivity contribution in [2.75, 3.05) is 0 Å². The number of hydrogen-bond donors (Lipinski definition) is 7. The van der Waals surface area contributed by atoms with Gasteiger partial charge in [0.15, 0.2) is 0 Å². The summed E-state index contributed by atoms with van der Waals surface area (Å²) >= 11 is 0. The normalized spacial score (nSPS) is 14.8. The van der Waals surface area contributed by atoms with Crippen molar-refractivity contribution in [1.29, 1.82) is 0 Å². The molecule has 0 aliphatic heterocycles. The van der Waals surface area contributed by atoms with Gasteiger partial charge in [-0.15, -0.1) is 0 Å². The van der Waals surface area contributed by atoms with Gasteiger partial charge in [0.2, 0.25) is 17.7 Å². The van der Waals surface area contributed by atoms with Gasteiger partial charge in [-0.25, -0.2) is 4.79 Å². The maximum absolute atomic E-state index is 13.7. The molecule has 0 radical (unpaired) electrons. The number of carbonyl (C=O) groups excluding carboxylic acids is 3. The summed E-state index contributed by atoms with van der Waals surface area (Å²) in [6.45, 7) is 7.36. The minimum Gasteiger partial charge on any atom is -0.508 e. The number of fused-ring (bicyclic) bond motifs is 1. The predicted molar refractivity (Wildman–Crippen MR) is 164 cm³/mol. The number of nitrogens with one attached hydrogen (secondary N) is 4. The van der Waals surface area contributed by atoms with E-state index in [1.807, 2.05) is 45.0 Å². The summed E-state index contributed by atoms with van der Waals surface area (Å²) in [5, 5.41) is 28.3. The van der Waals surface area contributed by atoms with Crippen LogP contribution >= 0.6 is 0 Å². The summed E-state index contributed by atoms with van der Waals surface area (Å²) in [7, 11) is 0. The molecule has 0 bridgehead atoms. The Balaban J connectivity index is 1.80. The largest absolute Gasteiger partial charge is 0.508 e. The highest BCUT2D eigenvalue weighted by molar-refractivity contribution is 5.94. The molecule has 3 aromatic rings. The number of benzene rings is 2. The Morgan fingerprint density at radius 2 is 1.51 bits per heavy atom. The van der Waals surface area contributed by atoms with Gasteiger partial charge in [-0.3, -0.25) is 14.4 Å². The zero-order chi connectivity index (χ0) is 31.7. The first-order valence-electron chi connectivity index (χ1n) is 14.6. The Morgan fingerprint density at radius 1 is 0.860 bits per heavy atom. The monoisotopic (exact) mass is 593 g/mol. The smallest absolute Gasteiger partial charge is 0.326 e. The average Bonchev–Trinajstić information content (AvgIpc) is 3.37. The van der Waals surface area contributed by atoms with E-state index in [4.69, 9.17) is 5.73 Å². The minimum atomic E-state index is -1.15. The van der Waals surface area contributed by atoms with Crippen LogP contribution in [-0.2, 0) is 32.0 Å². The van der Waals surface area contributed by atoms with Crippen molar-refractivity contribution in [2.24, 2.45) is 17.6 Å². The Bertz CT molecular complexity index is 1400. The lowest BCUT2D eigenvalue weighted by molar-refractivity contribution is -0.143. The molecule has 2 aromatic carbocycles. The summed E-state index contributed by atoms with van der Waals surface area (Å²) < 4.78 is 0. The number of carboxylic acid groups (broad SMARTS) is 1. The molecule has 8 N–H and O–H groups in total. The number of aliphatic carboxylic acids is 1. The average molecular weight is 594 g/mol. The van der Waals surface area contributed by atoms with Crippen LogP contribution in [0.25, 0.3) is 10.9 Å². The van der Waals surface area contributed by atoms with Crippen molar-refractivity contribution in [1.82, 2.24) is 20.9 Å². The SMILES string of the molecule is CCC(C)C(NC(=O)C(Cc1ccc(O)cc1)NC(=O)C(N)Cc1c[nH]c2ccccc12)C(=O)NC(CC(C)C)C(=O)O. The number of aromatic hydroxyl groups is 1. The fraction of sp³-hybridized carbons (Fsp3) is 0.438. The predicted octanol–water partition coefficient (Wildman–Crippen LogP) is 2.62. The van der Waals surface area contributed by atoms with E-state index in [0.717, 1.165) is 16.5 Å². The van der Waals surface area contributed by atoms with E-state index >= 15 is 0 Å². The maximum atomic E-state index is 13.7. The molecule has 0 aliphatic rings. The third kappa shape index (κ3) is 9.31. The highest BCUT2D eigenvalue weighted by Crippen LogP contribution is 2.19. The number of nitrogens with two attached hydrogens (primary N) is 1. The number of carboxylic acids is 1. The molecule has 11 nitrogen and oxygen atoms in total. The molecule has 0 aliphatic carbocycles. The van der Waals surface area contributed by atoms with Crippen molar-refractivity contribution in [3.63, 3.8) is 0 Å². The van der Waals surface area contributed by atoms with Crippen LogP contribution < -0.4 is 21.7 Å². The summed E-state index contributed by atoms with van der Waals surface area (Å²) in [5.41, 5.74) is 8.74. The lowest BCUT2D eigenvalue weighted by Crippen LogP contribution is -2.59. The van der Waals surface area contributed by atoms with Crippen LogP contribution in [0.4, 0.5) is 0 Å². The van der Waals surface area contributed by atoms with E-state index in [-0.39, 0.29) is 36.8 Å². The van der Waals surface area contributed by atoms with Gasteiger partial charge in [0, 0.05) is 23.5 Å². The fourth-order valence-corrected chi connectivity index (χ4v) is 4.90. The van der Waals surface area contributed by atoms with Crippen LogP contribution in [0.15, 0.2) is 54.7 Å². The summed E-state index contributed by atoms with van der Waals surface area (Å²) in [5.74, 6) is -3.17. The van der Waals surface area contributed by atoms with Gasteiger partial charge in [-0.2, -0.15) is 0 Å². The van der Waals surface area contributed by atoms with E-state index in [1.165, 1.54) is 12.1 Å². The highest BCUT2D eigenvalue weighted by atomic mass is 16.4. The molecule has 0 spiro atoms. The molecular formula is C32H43N5O6. The number of phenols is 1. The second kappa shape index (κ2) is 15.2. The number of H-pyrrole nitrogens is 1. The molecule has 1 heterocycles. The topological polar surface area (TPSA) is 187 Å². The van der Waals surface area contributed by atoms with Crippen molar-refractivity contribution in [3.05, 3.63) is 65.9 Å². The number of hydrogen-bond acceptors (Lipinski definition) is 6. The molecule has 3 rings (SSSR count). The molecule has 5 atom stereocenters. The van der Waals surface area contributed by atoms with Gasteiger partial charge in [0.25, 0.3) is 0 Å². The van der Waals surface area contributed by atoms with Crippen LogP contribution in [0.2, 0.25) is 0 Å². The number of aromatic nitrogens is 1. The number of aromatic amines is 1. The van der Waals surface area contributed by atoms with E-state index in [2.05, 4.69) is 20.9 Å². The van der Waals surface area contributed by atoms with Crippen molar-refractivity contribution >= 4 is 34.6 Å². The molecule has 1 aromatic heterocycles. The zero-order valence-corrected chi connectivity index (χ0v) is 25.1. The molecular weight excluding hydrogens is 550 g/mol. The van der Waals surface area contributed by atoms with Gasteiger partial charge in [0.05, 0.1) is 6.04 Å². The Morgan fingerprint density at radius 3 is 2.14 bits per heavy atom. The first kappa shape index (κ1) is 33.1. The summed E-state index contributed by atoms with van der Waals surface area (Å²) in [4.78, 5) is 55.2. The van der Waals surface area contributed by atoms with Gasteiger partial charge in [0.1, 0.15) is 23.9 Å². The van der Waals surface area contributed by atoms with Crippen LogP contribution in [0.5, 0.6) is 5.75 Å². The Labute approximate surface area is 251 Å². The van der Waals surface area contributed by atoms with Gasteiger partial charge >= 0.3 is 5.97 Å². The van der Waals surface area contributed by atoms with Gasteiger partial charge in [-0.05, 0) is 54.0 Å². The van der Waals surface area contributed by atoms with Crippen molar-refractivity contribution in [2.45, 2.75) is 77.5 Å². The van der Waals surface area contributed by atoms with Crippen molar-refractivity contribution in [3.8, 4) is 5.75 Å². The van der Waals surface area contributed by atoms with E-state index in [0.29, 0.717) is 12.0 Å². The maximum Gasteiger partial charge on any atom is 0.326 e. The third-order valence-electron chi connectivity index (χ3n) is 7.58. The number of amides is 3. The number of para-hydroxylation sites is 1. The molecule has 0 saturated carbocycles. The standard InChI is InChI=1S/C32H43N5O6/c1-5-19(4)28(31(41)36-27(32(42)43)14-18(2)3)37-30(40)26(15-20-10-12-22(38)13-11-20)35-29(39)24(33)16-21-17-34-25-9-7-6-8-23(21)25/h6-13,17-19,24,26-28,34,38H,5,14-16,33H2,1-4H3,(H,35,39)(H,36,41)(H,37,40)(H,42,43). The molecule has 11 heteroatoms. The molecule has 0 saturated heterocycles. The van der Waals surface area contributed by atoms with Crippen LogP contribution in [0.3, 0.4) is 0 Å².